The number of aryl methyl sites for hydroxylation is 3. The Hall–Kier alpha value is -1.67. The third-order valence-corrected chi connectivity index (χ3v) is 4.04. The SMILES string of the molecule is Cc1cc(C)c(C(C)N[C@H](C)c2ccc(F)cc2)c(C)c1. The maximum Gasteiger partial charge on any atom is 0.123 e. The number of hydrogen-bond acceptors (Lipinski definition) is 1. The van der Waals surface area contributed by atoms with Crippen molar-refractivity contribution >= 4 is 0 Å². The van der Waals surface area contributed by atoms with Gasteiger partial charge < -0.3 is 5.32 Å². The molecule has 0 aliphatic carbocycles. The molecule has 0 aliphatic rings. The molecule has 1 N–H and O–H groups in total. The van der Waals surface area contributed by atoms with E-state index in [0.29, 0.717) is 0 Å². The van der Waals surface area contributed by atoms with Gasteiger partial charge in [-0.15, -0.1) is 0 Å². The summed E-state index contributed by atoms with van der Waals surface area (Å²) in [7, 11) is 0. The fourth-order valence-electron chi connectivity index (χ4n) is 3.18. The second-order valence-corrected chi connectivity index (χ2v) is 5.97. The van der Waals surface area contributed by atoms with Crippen molar-refractivity contribution in [2.24, 2.45) is 0 Å². The Bertz CT molecular complexity index is 593. The zero-order chi connectivity index (χ0) is 15.6. The van der Waals surface area contributed by atoms with Gasteiger partial charge in [0.25, 0.3) is 0 Å². The first-order valence-electron chi connectivity index (χ1n) is 7.47. The second kappa shape index (κ2) is 6.40. The van der Waals surface area contributed by atoms with Crippen LogP contribution in [0.5, 0.6) is 0 Å². The summed E-state index contributed by atoms with van der Waals surface area (Å²) < 4.78 is 13.0. The first-order chi connectivity index (χ1) is 9.88. The van der Waals surface area contributed by atoms with Crippen molar-refractivity contribution in [3.63, 3.8) is 0 Å². The Morgan fingerprint density at radius 1 is 0.857 bits per heavy atom. The Morgan fingerprint density at radius 3 is 1.90 bits per heavy atom. The van der Waals surface area contributed by atoms with Crippen LogP contribution in [-0.4, -0.2) is 0 Å². The molecule has 2 heteroatoms. The van der Waals surface area contributed by atoms with Crippen LogP contribution in [0.1, 0.15) is 53.7 Å². The van der Waals surface area contributed by atoms with E-state index in [0.717, 1.165) is 5.56 Å². The Labute approximate surface area is 127 Å². The smallest absolute Gasteiger partial charge is 0.123 e. The molecule has 0 aromatic heterocycles. The minimum Gasteiger partial charge on any atom is -0.304 e. The summed E-state index contributed by atoms with van der Waals surface area (Å²) in [5.74, 6) is -0.191. The highest BCUT2D eigenvalue weighted by Crippen LogP contribution is 2.26. The van der Waals surface area contributed by atoms with E-state index in [1.165, 1.54) is 34.4 Å². The average molecular weight is 285 g/mol. The van der Waals surface area contributed by atoms with Gasteiger partial charge in [-0.1, -0.05) is 29.8 Å². The summed E-state index contributed by atoms with van der Waals surface area (Å²) in [6.45, 7) is 10.8. The van der Waals surface area contributed by atoms with Crippen LogP contribution in [0.4, 0.5) is 4.39 Å². The lowest BCUT2D eigenvalue weighted by Crippen LogP contribution is -2.23. The molecule has 0 heterocycles. The number of hydrogen-bond donors (Lipinski definition) is 1. The Morgan fingerprint density at radius 2 is 1.38 bits per heavy atom. The van der Waals surface area contributed by atoms with Crippen molar-refractivity contribution < 1.29 is 4.39 Å². The van der Waals surface area contributed by atoms with Gasteiger partial charge in [-0.3, -0.25) is 0 Å². The summed E-state index contributed by atoms with van der Waals surface area (Å²) in [5.41, 5.74) is 6.39. The Balaban J connectivity index is 2.18. The van der Waals surface area contributed by atoms with E-state index in [1.54, 1.807) is 0 Å². The number of rotatable bonds is 4. The van der Waals surface area contributed by atoms with Gasteiger partial charge in [0.05, 0.1) is 0 Å². The highest BCUT2D eigenvalue weighted by atomic mass is 19.1. The molecule has 1 nitrogen and oxygen atoms in total. The highest BCUT2D eigenvalue weighted by molar-refractivity contribution is 5.39. The van der Waals surface area contributed by atoms with Crippen LogP contribution in [0.2, 0.25) is 0 Å². The summed E-state index contributed by atoms with van der Waals surface area (Å²) in [4.78, 5) is 0. The zero-order valence-electron chi connectivity index (χ0n) is 13.5. The fourth-order valence-corrected chi connectivity index (χ4v) is 3.18. The summed E-state index contributed by atoms with van der Waals surface area (Å²) in [6.07, 6.45) is 0. The van der Waals surface area contributed by atoms with Crippen molar-refractivity contribution in [2.75, 3.05) is 0 Å². The molecule has 112 valence electrons. The lowest BCUT2D eigenvalue weighted by Gasteiger charge is -2.24. The standard InChI is InChI=1S/C19H24FN/c1-12-10-13(2)19(14(3)11-12)16(5)21-15(4)17-6-8-18(20)9-7-17/h6-11,15-16,21H,1-5H3/t15-,16?/m1/s1. The van der Waals surface area contributed by atoms with Crippen LogP contribution in [-0.2, 0) is 0 Å². The van der Waals surface area contributed by atoms with Gasteiger partial charge in [0, 0.05) is 12.1 Å². The van der Waals surface area contributed by atoms with Crippen LogP contribution in [0, 0.1) is 26.6 Å². The number of benzene rings is 2. The van der Waals surface area contributed by atoms with Crippen LogP contribution >= 0.6 is 0 Å². The molecule has 0 amide bonds. The second-order valence-electron chi connectivity index (χ2n) is 5.97. The van der Waals surface area contributed by atoms with E-state index >= 15 is 0 Å². The zero-order valence-corrected chi connectivity index (χ0v) is 13.5. The first-order valence-corrected chi connectivity index (χ1v) is 7.47. The average Bonchev–Trinajstić information content (AvgIpc) is 2.37. The third kappa shape index (κ3) is 3.70. The lowest BCUT2D eigenvalue weighted by atomic mass is 9.94. The van der Waals surface area contributed by atoms with Crippen molar-refractivity contribution in [3.8, 4) is 0 Å². The first kappa shape index (κ1) is 15.7. The van der Waals surface area contributed by atoms with E-state index in [9.17, 15) is 4.39 Å². The van der Waals surface area contributed by atoms with Crippen molar-refractivity contribution in [2.45, 2.75) is 46.7 Å². The molecule has 0 radical (unpaired) electrons. The molecule has 2 rings (SSSR count). The molecule has 1 unspecified atom stereocenters. The summed E-state index contributed by atoms with van der Waals surface area (Å²) in [6, 6.07) is 11.6. The van der Waals surface area contributed by atoms with E-state index in [-0.39, 0.29) is 17.9 Å². The van der Waals surface area contributed by atoms with E-state index in [2.05, 4.69) is 52.1 Å². The van der Waals surface area contributed by atoms with Crippen LogP contribution in [0.3, 0.4) is 0 Å². The lowest BCUT2D eigenvalue weighted by molar-refractivity contribution is 0.491. The monoisotopic (exact) mass is 285 g/mol. The number of halogens is 1. The van der Waals surface area contributed by atoms with Gasteiger partial charge in [0.2, 0.25) is 0 Å². The quantitative estimate of drug-likeness (QED) is 0.818. The molecule has 2 aromatic carbocycles. The molecule has 0 aliphatic heterocycles. The van der Waals surface area contributed by atoms with Crippen LogP contribution < -0.4 is 5.32 Å². The van der Waals surface area contributed by atoms with Gasteiger partial charge in [0.15, 0.2) is 0 Å². The third-order valence-electron chi connectivity index (χ3n) is 4.04. The topological polar surface area (TPSA) is 12.0 Å². The minimum absolute atomic E-state index is 0.181. The molecule has 2 atom stereocenters. The molecule has 21 heavy (non-hydrogen) atoms. The normalized spacial score (nSPS) is 14.0. The van der Waals surface area contributed by atoms with Crippen molar-refractivity contribution in [3.05, 3.63) is 70.0 Å². The molecule has 0 bridgehead atoms. The highest BCUT2D eigenvalue weighted by Gasteiger charge is 2.15. The molecule has 2 aromatic rings. The maximum absolute atomic E-state index is 13.0. The predicted octanol–water partition coefficient (Wildman–Crippen LogP) is 5.16. The fraction of sp³-hybridized carbons (Fsp3) is 0.368. The molecule has 0 saturated heterocycles. The van der Waals surface area contributed by atoms with Gasteiger partial charge in [-0.2, -0.15) is 0 Å². The molecule has 0 spiro atoms. The van der Waals surface area contributed by atoms with Gasteiger partial charge >= 0.3 is 0 Å². The van der Waals surface area contributed by atoms with Crippen LogP contribution in [0.15, 0.2) is 36.4 Å². The number of nitrogens with one attached hydrogen (secondary N) is 1. The molecule has 0 saturated carbocycles. The van der Waals surface area contributed by atoms with E-state index in [4.69, 9.17) is 0 Å². The maximum atomic E-state index is 13.0. The molecular formula is C19H24FN. The van der Waals surface area contributed by atoms with E-state index < -0.39 is 0 Å². The van der Waals surface area contributed by atoms with Gasteiger partial charge in [-0.25, -0.2) is 4.39 Å². The molecule has 0 fully saturated rings. The largest absolute Gasteiger partial charge is 0.304 e. The van der Waals surface area contributed by atoms with Crippen molar-refractivity contribution in [1.82, 2.24) is 5.32 Å². The van der Waals surface area contributed by atoms with Gasteiger partial charge in [0.1, 0.15) is 5.82 Å². The van der Waals surface area contributed by atoms with Crippen LogP contribution in [0.25, 0.3) is 0 Å². The predicted molar refractivity (Wildman–Crippen MR) is 87.0 cm³/mol. The molecular weight excluding hydrogens is 261 g/mol. The van der Waals surface area contributed by atoms with Crippen molar-refractivity contribution in [1.29, 1.82) is 0 Å². The summed E-state index contributed by atoms with van der Waals surface area (Å²) in [5, 5.41) is 3.61. The Kier molecular flexibility index (Phi) is 4.79. The summed E-state index contributed by atoms with van der Waals surface area (Å²) >= 11 is 0. The van der Waals surface area contributed by atoms with Gasteiger partial charge in [-0.05, 0) is 69.0 Å². The van der Waals surface area contributed by atoms with E-state index in [1.807, 2.05) is 12.1 Å². The minimum atomic E-state index is -0.191.